The number of rotatable bonds is 17. The van der Waals surface area contributed by atoms with E-state index in [4.69, 9.17) is 24.3 Å². The summed E-state index contributed by atoms with van der Waals surface area (Å²) in [4.78, 5) is 33.5. The summed E-state index contributed by atoms with van der Waals surface area (Å²) >= 11 is 0. The third-order valence-electron chi connectivity index (χ3n) is 2.55. The fourth-order valence-corrected chi connectivity index (χ4v) is 2.26. The van der Waals surface area contributed by atoms with E-state index in [1.165, 1.54) is 0 Å². The molecule has 0 radical (unpaired) electrons. The van der Waals surface area contributed by atoms with Gasteiger partial charge in [-0.2, -0.15) is 17.6 Å². The SMILES string of the molecule is O=P(O)(O)OCCCCOCOCC(F)(F)OC(F)(F)CCCOP(=O)(O)O. The lowest BCUT2D eigenvalue weighted by Gasteiger charge is -2.23. The highest BCUT2D eigenvalue weighted by Crippen LogP contribution is 2.37. The number of ether oxygens (including phenoxy) is 3. The Labute approximate surface area is 157 Å². The normalized spacial score (nSPS) is 13.9. The molecule has 4 N–H and O–H groups in total. The lowest BCUT2D eigenvalue weighted by Crippen LogP contribution is -2.37. The fourth-order valence-electron chi connectivity index (χ4n) is 1.53. The van der Waals surface area contributed by atoms with Gasteiger partial charge in [-0.25, -0.2) is 9.13 Å². The van der Waals surface area contributed by atoms with Crippen molar-refractivity contribution < 1.29 is 69.5 Å². The molecule has 0 atom stereocenters. The molecule has 0 unspecified atom stereocenters. The molecule has 11 nitrogen and oxygen atoms in total. The molecular formula is C11H22F4O11P2. The first-order valence-electron chi connectivity index (χ1n) is 7.63. The molecule has 0 bridgehead atoms. The highest BCUT2D eigenvalue weighted by molar-refractivity contribution is 7.46. The van der Waals surface area contributed by atoms with Gasteiger partial charge in [-0.15, -0.1) is 0 Å². The fraction of sp³-hybridized carbons (Fsp3) is 1.00. The quantitative estimate of drug-likeness (QED) is 0.107. The maximum absolute atomic E-state index is 13.3. The van der Waals surface area contributed by atoms with Crippen LogP contribution in [-0.2, 0) is 32.4 Å². The Morgan fingerprint density at radius 2 is 1.21 bits per heavy atom. The Hall–Kier alpha value is -0.180. The van der Waals surface area contributed by atoms with Gasteiger partial charge >= 0.3 is 27.9 Å². The minimum Gasteiger partial charge on any atom is -0.355 e. The van der Waals surface area contributed by atoms with Crippen molar-refractivity contribution in [2.45, 2.75) is 37.9 Å². The third-order valence-corrected chi connectivity index (χ3v) is 3.59. The molecule has 0 aliphatic carbocycles. The minimum absolute atomic E-state index is 0.0212. The summed E-state index contributed by atoms with van der Waals surface area (Å²) in [5.41, 5.74) is 0. The van der Waals surface area contributed by atoms with Gasteiger partial charge in [-0.05, 0) is 19.3 Å². The van der Waals surface area contributed by atoms with Crippen molar-refractivity contribution in [2.24, 2.45) is 0 Å². The highest BCUT2D eigenvalue weighted by Gasteiger charge is 2.44. The molecule has 170 valence electrons. The first-order chi connectivity index (χ1) is 12.6. The maximum atomic E-state index is 13.3. The molecule has 0 saturated carbocycles. The summed E-state index contributed by atoms with van der Waals surface area (Å²) in [6.07, 6.45) is -10.1. The van der Waals surface area contributed by atoms with E-state index >= 15 is 0 Å². The molecule has 0 heterocycles. The standard InChI is InChI=1S/C11H22F4O11P2/c12-10(13,4-3-7-25-28(19,20)21)26-11(14,15)8-23-9-22-5-1-2-6-24-27(16,17)18/h1-9H2,(H2,16,17,18)(H2,19,20,21). The van der Waals surface area contributed by atoms with Crippen molar-refractivity contribution in [1.29, 1.82) is 0 Å². The summed E-state index contributed by atoms with van der Waals surface area (Å²) in [6, 6.07) is 0. The van der Waals surface area contributed by atoms with E-state index < -0.39 is 60.7 Å². The van der Waals surface area contributed by atoms with Gasteiger partial charge in [0.05, 0.1) is 13.2 Å². The van der Waals surface area contributed by atoms with Crippen LogP contribution in [0.1, 0.15) is 25.7 Å². The second-order valence-electron chi connectivity index (χ2n) is 5.21. The van der Waals surface area contributed by atoms with Crippen molar-refractivity contribution in [3.63, 3.8) is 0 Å². The summed E-state index contributed by atoms with van der Waals surface area (Å²) in [5.74, 6) is 0. The molecule has 0 spiro atoms. The summed E-state index contributed by atoms with van der Waals surface area (Å²) in [6.45, 7) is -3.25. The monoisotopic (exact) mass is 468 g/mol. The lowest BCUT2D eigenvalue weighted by atomic mass is 10.3. The highest BCUT2D eigenvalue weighted by atomic mass is 31.2. The summed E-state index contributed by atoms with van der Waals surface area (Å²) in [7, 11) is -9.39. The van der Waals surface area contributed by atoms with Crippen LogP contribution in [0.3, 0.4) is 0 Å². The van der Waals surface area contributed by atoms with Gasteiger partial charge in [0.2, 0.25) is 0 Å². The molecule has 0 aliphatic heterocycles. The van der Waals surface area contributed by atoms with Gasteiger partial charge in [-0.1, -0.05) is 0 Å². The molecule has 0 amide bonds. The van der Waals surface area contributed by atoms with Crippen molar-refractivity contribution >= 4 is 15.6 Å². The second-order valence-corrected chi connectivity index (χ2v) is 7.69. The van der Waals surface area contributed by atoms with Crippen LogP contribution in [0.2, 0.25) is 0 Å². The van der Waals surface area contributed by atoms with Crippen LogP contribution >= 0.6 is 15.6 Å². The molecule has 0 aliphatic rings. The van der Waals surface area contributed by atoms with Crippen LogP contribution in [0.25, 0.3) is 0 Å². The molecular weight excluding hydrogens is 446 g/mol. The van der Waals surface area contributed by atoms with Crippen LogP contribution in [0, 0.1) is 0 Å². The summed E-state index contributed by atoms with van der Waals surface area (Å²) in [5, 5.41) is 0. The van der Waals surface area contributed by atoms with Gasteiger partial charge in [0.1, 0.15) is 13.4 Å². The largest absolute Gasteiger partial charge is 0.469 e. The van der Waals surface area contributed by atoms with Crippen LogP contribution in [0.4, 0.5) is 17.6 Å². The molecule has 0 saturated heterocycles. The molecule has 0 aromatic rings. The molecule has 0 fully saturated rings. The Kier molecular flexibility index (Phi) is 12.4. The average Bonchev–Trinajstić information content (AvgIpc) is 2.47. The minimum atomic E-state index is -4.84. The number of phosphoric acid groups is 2. The van der Waals surface area contributed by atoms with Crippen molar-refractivity contribution in [3.8, 4) is 0 Å². The zero-order chi connectivity index (χ0) is 21.9. The van der Waals surface area contributed by atoms with E-state index in [1.807, 2.05) is 0 Å². The van der Waals surface area contributed by atoms with Gasteiger partial charge in [0.15, 0.2) is 0 Å². The molecule has 17 heteroatoms. The van der Waals surface area contributed by atoms with Crippen LogP contribution in [0.15, 0.2) is 0 Å². The Balaban J connectivity index is 3.85. The number of unbranched alkanes of at least 4 members (excludes halogenated alkanes) is 1. The number of halogens is 4. The zero-order valence-corrected chi connectivity index (χ0v) is 16.2. The first kappa shape index (κ1) is 27.8. The Bertz CT molecular complexity index is 525. The van der Waals surface area contributed by atoms with Crippen LogP contribution in [0.5, 0.6) is 0 Å². The number of hydrogen-bond acceptors (Lipinski definition) is 7. The predicted octanol–water partition coefficient (Wildman–Crippen LogP) is 1.96. The molecule has 0 aromatic carbocycles. The van der Waals surface area contributed by atoms with E-state index in [9.17, 15) is 26.7 Å². The van der Waals surface area contributed by atoms with E-state index in [0.29, 0.717) is 0 Å². The van der Waals surface area contributed by atoms with E-state index in [2.05, 4.69) is 18.5 Å². The third kappa shape index (κ3) is 19.2. The second kappa shape index (κ2) is 12.5. The van der Waals surface area contributed by atoms with Gasteiger partial charge < -0.3 is 29.0 Å². The Morgan fingerprint density at radius 3 is 1.75 bits per heavy atom. The maximum Gasteiger partial charge on any atom is 0.469 e. The predicted molar refractivity (Wildman–Crippen MR) is 82.2 cm³/mol. The Morgan fingerprint density at radius 1 is 0.714 bits per heavy atom. The van der Waals surface area contributed by atoms with E-state index in [0.717, 1.165) is 0 Å². The van der Waals surface area contributed by atoms with E-state index in [1.54, 1.807) is 0 Å². The van der Waals surface area contributed by atoms with Crippen molar-refractivity contribution in [3.05, 3.63) is 0 Å². The van der Waals surface area contributed by atoms with Gasteiger partial charge in [0, 0.05) is 13.0 Å². The van der Waals surface area contributed by atoms with Gasteiger partial charge in [-0.3, -0.25) is 13.8 Å². The number of alkyl halides is 4. The summed E-state index contributed by atoms with van der Waals surface area (Å²) < 4.78 is 94.3. The number of phosphoric ester groups is 2. The van der Waals surface area contributed by atoms with E-state index in [-0.39, 0.29) is 26.1 Å². The smallest absolute Gasteiger partial charge is 0.355 e. The van der Waals surface area contributed by atoms with Crippen molar-refractivity contribution in [2.75, 3.05) is 33.2 Å². The molecule has 0 aromatic heterocycles. The van der Waals surface area contributed by atoms with Gasteiger partial charge in [0.25, 0.3) is 0 Å². The first-order valence-corrected chi connectivity index (χ1v) is 10.7. The van der Waals surface area contributed by atoms with Crippen LogP contribution < -0.4 is 0 Å². The molecule has 0 rings (SSSR count). The topological polar surface area (TPSA) is 161 Å². The number of hydrogen-bond donors (Lipinski definition) is 4. The lowest BCUT2D eigenvalue weighted by molar-refractivity contribution is -0.389. The molecule has 28 heavy (non-hydrogen) atoms. The van der Waals surface area contributed by atoms with Crippen molar-refractivity contribution in [1.82, 2.24) is 0 Å². The zero-order valence-electron chi connectivity index (χ0n) is 14.4. The van der Waals surface area contributed by atoms with Crippen LogP contribution in [-0.4, -0.2) is 65.0 Å². The average molecular weight is 468 g/mol.